The van der Waals surface area contributed by atoms with E-state index in [1.807, 2.05) is 31.2 Å². The summed E-state index contributed by atoms with van der Waals surface area (Å²) in [5.41, 5.74) is 0.667. The molecule has 0 radical (unpaired) electrons. The van der Waals surface area contributed by atoms with Crippen molar-refractivity contribution in [2.75, 3.05) is 19.8 Å². The molecule has 1 aliphatic heterocycles. The molecule has 104 valence electrons. The van der Waals surface area contributed by atoms with Gasteiger partial charge in [0.15, 0.2) is 5.78 Å². The monoisotopic (exact) mass is 325 g/mol. The molecule has 1 fully saturated rings. The fourth-order valence-electron chi connectivity index (χ4n) is 2.59. The van der Waals surface area contributed by atoms with E-state index in [-0.39, 0.29) is 17.4 Å². The van der Waals surface area contributed by atoms with Crippen molar-refractivity contribution in [2.45, 2.75) is 32.4 Å². The summed E-state index contributed by atoms with van der Waals surface area (Å²) < 4.78 is 6.50. The number of halogens is 1. The predicted molar refractivity (Wildman–Crippen MR) is 79.5 cm³/mol. The SMILES string of the molecule is CC(C(=O)c1ccc(Br)cc1)N1CCOCC1(C)C. The van der Waals surface area contributed by atoms with Gasteiger partial charge in [-0.15, -0.1) is 0 Å². The topological polar surface area (TPSA) is 29.5 Å². The Morgan fingerprint density at radius 2 is 2.00 bits per heavy atom. The van der Waals surface area contributed by atoms with Crippen LogP contribution in [0.2, 0.25) is 0 Å². The number of ketones is 1. The van der Waals surface area contributed by atoms with E-state index < -0.39 is 0 Å². The second-order valence-electron chi connectivity index (χ2n) is 5.61. The van der Waals surface area contributed by atoms with Crippen LogP contribution >= 0.6 is 15.9 Å². The number of ether oxygens (including phenoxy) is 1. The molecule has 1 aromatic carbocycles. The van der Waals surface area contributed by atoms with Crippen molar-refractivity contribution >= 4 is 21.7 Å². The lowest BCUT2D eigenvalue weighted by atomic mass is 9.96. The van der Waals surface area contributed by atoms with Gasteiger partial charge in [-0.1, -0.05) is 28.1 Å². The van der Waals surface area contributed by atoms with Gasteiger partial charge in [0.25, 0.3) is 0 Å². The van der Waals surface area contributed by atoms with E-state index in [9.17, 15) is 4.79 Å². The predicted octanol–water partition coefficient (Wildman–Crippen LogP) is 3.13. The number of carbonyl (C=O) groups is 1. The third-order valence-electron chi connectivity index (χ3n) is 3.69. The van der Waals surface area contributed by atoms with Crippen molar-refractivity contribution in [2.24, 2.45) is 0 Å². The van der Waals surface area contributed by atoms with Crippen LogP contribution in [0, 0.1) is 0 Å². The number of Topliss-reactive ketones (excluding diaryl/α,β-unsaturated/α-hetero) is 1. The molecule has 0 N–H and O–H groups in total. The summed E-state index contributed by atoms with van der Waals surface area (Å²) in [4.78, 5) is 14.8. The van der Waals surface area contributed by atoms with Crippen molar-refractivity contribution in [3.8, 4) is 0 Å². The first-order valence-electron chi connectivity index (χ1n) is 6.56. The van der Waals surface area contributed by atoms with Crippen LogP contribution in [0.15, 0.2) is 28.7 Å². The molecular weight excluding hydrogens is 306 g/mol. The van der Waals surface area contributed by atoms with E-state index >= 15 is 0 Å². The fraction of sp³-hybridized carbons (Fsp3) is 0.533. The zero-order valence-electron chi connectivity index (χ0n) is 11.6. The lowest BCUT2D eigenvalue weighted by Gasteiger charge is -2.45. The molecule has 19 heavy (non-hydrogen) atoms. The number of hydrogen-bond donors (Lipinski definition) is 0. The number of benzene rings is 1. The molecule has 1 aromatic rings. The Labute approximate surface area is 123 Å². The molecule has 1 atom stereocenters. The van der Waals surface area contributed by atoms with E-state index in [1.165, 1.54) is 0 Å². The zero-order chi connectivity index (χ0) is 14.0. The summed E-state index contributed by atoms with van der Waals surface area (Å²) in [6, 6.07) is 7.43. The molecule has 1 aliphatic rings. The van der Waals surface area contributed by atoms with Crippen molar-refractivity contribution < 1.29 is 9.53 Å². The largest absolute Gasteiger partial charge is 0.378 e. The molecule has 1 unspecified atom stereocenters. The van der Waals surface area contributed by atoms with E-state index in [1.54, 1.807) is 0 Å². The Kier molecular flexibility index (Phi) is 4.43. The maximum absolute atomic E-state index is 12.5. The van der Waals surface area contributed by atoms with Crippen LogP contribution < -0.4 is 0 Å². The molecule has 0 amide bonds. The van der Waals surface area contributed by atoms with Crippen molar-refractivity contribution in [1.29, 1.82) is 0 Å². The Morgan fingerprint density at radius 1 is 1.37 bits per heavy atom. The summed E-state index contributed by atoms with van der Waals surface area (Å²) in [7, 11) is 0. The molecular formula is C15H20BrNO2. The van der Waals surface area contributed by atoms with Gasteiger partial charge in [-0.25, -0.2) is 0 Å². The third kappa shape index (κ3) is 3.25. The molecule has 2 rings (SSSR count). The normalized spacial score (nSPS) is 21.1. The Bertz CT molecular complexity index is 456. The van der Waals surface area contributed by atoms with Crippen LogP contribution in [0.1, 0.15) is 31.1 Å². The fourth-order valence-corrected chi connectivity index (χ4v) is 2.85. The van der Waals surface area contributed by atoms with Crippen LogP contribution in [0.3, 0.4) is 0 Å². The van der Waals surface area contributed by atoms with E-state index in [4.69, 9.17) is 4.74 Å². The summed E-state index contributed by atoms with van der Waals surface area (Å²) in [5, 5.41) is 0. The van der Waals surface area contributed by atoms with Gasteiger partial charge in [0.1, 0.15) is 0 Å². The second kappa shape index (κ2) is 5.73. The number of rotatable bonds is 3. The van der Waals surface area contributed by atoms with Gasteiger partial charge in [0.2, 0.25) is 0 Å². The highest BCUT2D eigenvalue weighted by Gasteiger charge is 2.36. The van der Waals surface area contributed by atoms with Gasteiger partial charge in [0.05, 0.1) is 19.3 Å². The Hall–Kier alpha value is -0.710. The first kappa shape index (κ1) is 14.7. The minimum atomic E-state index is -0.125. The maximum atomic E-state index is 12.5. The van der Waals surface area contributed by atoms with Crippen LogP contribution in [0.5, 0.6) is 0 Å². The quantitative estimate of drug-likeness (QED) is 0.799. The highest BCUT2D eigenvalue weighted by atomic mass is 79.9. The van der Waals surface area contributed by atoms with Crippen LogP contribution in [0.25, 0.3) is 0 Å². The van der Waals surface area contributed by atoms with Gasteiger partial charge in [-0.3, -0.25) is 9.69 Å². The summed E-state index contributed by atoms with van der Waals surface area (Å²) >= 11 is 3.39. The highest BCUT2D eigenvalue weighted by molar-refractivity contribution is 9.10. The number of hydrogen-bond acceptors (Lipinski definition) is 3. The number of nitrogens with zero attached hydrogens (tertiary/aromatic N) is 1. The van der Waals surface area contributed by atoms with Gasteiger partial charge >= 0.3 is 0 Å². The number of morpholine rings is 1. The van der Waals surface area contributed by atoms with Crippen molar-refractivity contribution in [3.63, 3.8) is 0 Å². The third-order valence-corrected chi connectivity index (χ3v) is 4.21. The van der Waals surface area contributed by atoms with Crippen LogP contribution in [-0.2, 0) is 4.74 Å². The molecule has 3 nitrogen and oxygen atoms in total. The van der Waals surface area contributed by atoms with Gasteiger partial charge in [-0.2, -0.15) is 0 Å². The van der Waals surface area contributed by atoms with Crippen LogP contribution in [0.4, 0.5) is 0 Å². The van der Waals surface area contributed by atoms with E-state index in [0.29, 0.717) is 13.2 Å². The maximum Gasteiger partial charge on any atom is 0.179 e. The summed E-state index contributed by atoms with van der Waals surface area (Å²) in [6.07, 6.45) is 0. The summed E-state index contributed by atoms with van der Waals surface area (Å²) in [6.45, 7) is 8.40. The van der Waals surface area contributed by atoms with Gasteiger partial charge in [0, 0.05) is 22.1 Å². The van der Waals surface area contributed by atoms with Crippen molar-refractivity contribution in [3.05, 3.63) is 34.3 Å². The highest BCUT2D eigenvalue weighted by Crippen LogP contribution is 2.24. The summed E-state index contributed by atoms with van der Waals surface area (Å²) in [5.74, 6) is 0.169. The molecule has 4 heteroatoms. The average molecular weight is 326 g/mol. The van der Waals surface area contributed by atoms with E-state index in [0.717, 1.165) is 16.6 Å². The number of carbonyl (C=O) groups excluding carboxylic acids is 1. The lowest BCUT2D eigenvalue weighted by Crippen LogP contribution is -2.58. The molecule has 0 saturated carbocycles. The van der Waals surface area contributed by atoms with Crippen molar-refractivity contribution in [1.82, 2.24) is 4.90 Å². The molecule has 1 heterocycles. The minimum Gasteiger partial charge on any atom is -0.378 e. The first-order chi connectivity index (χ1) is 8.92. The Balaban J connectivity index is 2.16. The molecule has 0 spiro atoms. The second-order valence-corrected chi connectivity index (χ2v) is 6.52. The zero-order valence-corrected chi connectivity index (χ0v) is 13.2. The molecule has 0 aliphatic carbocycles. The minimum absolute atomic E-state index is 0.0946. The van der Waals surface area contributed by atoms with Gasteiger partial charge < -0.3 is 4.74 Å². The molecule has 0 bridgehead atoms. The molecule has 0 aromatic heterocycles. The lowest BCUT2D eigenvalue weighted by molar-refractivity contribution is -0.0626. The first-order valence-corrected chi connectivity index (χ1v) is 7.35. The smallest absolute Gasteiger partial charge is 0.179 e. The van der Waals surface area contributed by atoms with Crippen LogP contribution in [-0.4, -0.2) is 42.0 Å². The average Bonchev–Trinajstić information content (AvgIpc) is 2.37. The van der Waals surface area contributed by atoms with E-state index in [2.05, 4.69) is 34.7 Å². The molecule has 1 saturated heterocycles. The standard InChI is InChI=1S/C15H20BrNO2/c1-11(17-8-9-19-10-15(17,2)3)14(18)12-4-6-13(16)7-5-12/h4-7,11H,8-10H2,1-3H3. The Morgan fingerprint density at radius 3 is 2.58 bits per heavy atom. The van der Waals surface area contributed by atoms with Gasteiger partial charge in [-0.05, 0) is 32.9 Å².